The molecule has 0 heterocycles. The summed E-state index contributed by atoms with van der Waals surface area (Å²) >= 11 is 0. The molecule has 0 amide bonds. The van der Waals surface area contributed by atoms with Crippen LogP contribution >= 0.6 is 0 Å². The molecular formula is C13H19N. The third-order valence-electron chi connectivity index (χ3n) is 2.96. The minimum absolute atomic E-state index is 0.711. The van der Waals surface area contributed by atoms with E-state index >= 15 is 0 Å². The van der Waals surface area contributed by atoms with Gasteiger partial charge >= 0.3 is 0 Å². The molecule has 14 heavy (non-hydrogen) atoms. The molecular weight excluding hydrogens is 170 g/mol. The molecule has 1 fully saturated rings. The number of rotatable bonds is 5. The monoisotopic (exact) mass is 189 g/mol. The van der Waals surface area contributed by atoms with Crippen LogP contribution in [-0.2, 0) is 6.42 Å². The molecule has 0 spiro atoms. The molecule has 1 saturated carbocycles. The summed E-state index contributed by atoms with van der Waals surface area (Å²) < 4.78 is 0. The van der Waals surface area contributed by atoms with Crippen molar-refractivity contribution in [2.75, 3.05) is 6.54 Å². The van der Waals surface area contributed by atoms with Crippen LogP contribution in [-0.4, -0.2) is 12.6 Å². The van der Waals surface area contributed by atoms with Crippen LogP contribution < -0.4 is 5.32 Å². The summed E-state index contributed by atoms with van der Waals surface area (Å²) in [6.07, 6.45) is 4.04. The number of hydrogen-bond acceptors (Lipinski definition) is 1. The summed E-state index contributed by atoms with van der Waals surface area (Å²) in [6.45, 7) is 3.29. The number of likely N-dealkylation sites (N-methyl/N-ethyl adjacent to an activating group) is 1. The molecule has 0 bridgehead atoms. The van der Waals surface area contributed by atoms with Crippen molar-refractivity contribution in [3.63, 3.8) is 0 Å². The van der Waals surface area contributed by atoms with Gasteiger partial charge in [0, 0.05) is 6.04 Å². The molecule has 1 aliphatic rings. The van der Waals surface area contributed by atoms with Crippen LogP contribution in [0.15, 0.2) is 30.3 Å². The fourth-order valence-corrected chi connectivity index (χ4v) is 2.03. The lowest BCUT2D eigenvalue weighted by molar-refractivity contribution is 0.472. The Labute approximate surface area is 86.5 Å². The van der Waals surface area contributed by atoms with Gasteiger partial charge in [0.1, 0.15) is 0 Å². The SMILES string of the molecule is CCNC(Cc1ccccc1)C1CC1. The lowest BCUT2D eigenvalue weighted by Gasteiger charge is -2.16. The molecule has 1 N–H and O–H groups in total. The van der Waals surface area contributed by atoms with Crippen LogP contribution in [0, 0.1) is 5.92 Å². The fourth-order valence-electron chi connectivity index (χ4n) is 2.03. The average molecular weight is 189 g/mol. The molecule has 2 rings (SSSR count). The van der Waals surface area contributed by atoms with Gasteiger partial charge < -0.3 is 5.32 Å². The molecule has 1 nitrogen and oxygen atoms in total. The molecule has 76 valence electrons. The highest BCUT2D eigenvalue weighted by Gasteiger charge is 2.30. The second kappa shape index (κ2) is 4.61. The Morgan fingerprint density at radius 2 is 2.00 bits per heavy atom. The first-order valence-corrected chi connectivity index (χ1v) is 5.67. The van der Waals surface area contributed by atoms with E-state index in [1.54, 1.807) is 0 Å². The summed E-state index contributed by atoms with van der Waals surface area (Å²) in [4.78, 5) is 0. The Hall–Kier alpha value is -0.820. The summed E-state index contributed by atoms with van der Waals surface area (Å²) in [6, 6.07) is 11.5. The van der Waals surface area contributed by atoms with E-state index in [0.29, 0.717) is 6.04 Å². The molecule has 0 aliphatic heterocycles. The van der Waals surface area contributed by atoms with Crippen LogP contribution in [0.5, 0.6) is 0 Å². The Kier molecular flexibility index (Phi) is 3.20. The zero-order valence-electron chi connectivity index (χ0n) is 8.87. The van der Waals surface area contributed by atoms with Gasteiger partial charge in [-0.15, -0.1) is 0 Å². The maximum atomic E-state index is 3.59. The zero-order chi connectivity index (χ0) is 9.80. The van der Waals surface area contributed by atoms with E-state index in [1.165, 1.54) is 24.8 Å². The molecule has 1 aliphatic carbocycles. The molecule has 1 aromatic rings. The summed E-state index contributed by atoms with van der Waals surface area (Å²) in [5, 5.41) is 3.59. The standard InChI is InChI=1S/C13H19N/c1-2-14-13(12-8-9-12)10-11-6-4-3-5-7-11/h3-7,12-14H,2,8-10H2,1H3. The van der Waals surface area contributed by atoms with E-state index in [0.717, 1.165) is 12.5 Å². The molecule has 1 heteroatoms. The van der Waals surface area contributed by atoms with Crippen molar-refractivity contribution in [3.8, 4) is 0 Å². The molecule has 0 aromatic heterocycles. The normalized spacial score (nSPS) is 18.1. The lowest BCUT2D eigenvalue weighted by Crippen LogP contribution is -2.32. The van der Waals surface area contributed by atoms with Gasteiger partial charge in [-0.2, -0.15) is 0 Å². The average Bonchev–Trinajstić information content (AvgIpc) is 3.02. The fraction of sp³-hybridized carbons (Fsp3) is 0.538. The maximum Gasteiger partial charge on any atom is 0.0136 e. The Balaban J connectivity index is 1.93. The van der Waals surface area contributed by atoms with Crippen LogP contribution in [0.4, 0.5) is 0 Å². The first-order valence-electron chi connectivity index (χ1n) is 5.67. The smallest absolute Gasteiger partial charge is 0.0136 e. The summed E-state index contributed by atoms with van der Waals surface area (Å²) in [5.41, 5.74) is 1.46. The molecule has 0 saturated heterocycles. The van der Waals surface area contributed by atoms with Gasteiger partial charge in [-0.25, -0.2) is 0 Å². The van der Waals surface area contributed by atoms with Crippen molar-refractivity contribution >= 4 is 0 Å². The van der Waals surface area contributed by atoms with E-state index in [4.69, 9.17) is 0 Å². The Morgan fingerprint density at radius 1 is 1.29 bits per heavy atom. The van der Waals surface area contributed by atoms with E-state index in [2.05, 4.69) is 42.6 Å². The first-order chi connectivity index (χ1) is 6.90. The predicted octanol–water partition coefficient (Wildman–Crippen LogP) is 2.62. The number of nitrogens with one attached hydrogen (secondary N) is 1. The van der Waals surface area contributed by atoms with Gasteiger partial charge in [-0.05, 0) is 37.3 Å². The molecule has 0 radical (unpaired) electrons. The van der Waals surface area contributed by atoms with Gasteiger partial charge in [-0.1, -0.05) is 37.3 Å². The van der Waals surface area contributed by atoms with Crippen molar-refractivity contribution < 1.29 is 0 Å². The highest BCUT2D eigenvalue weighted by atomic mass is 14.9. The van der Waals surface area contributed by atoms with Crippen LogP contribution in [0.1, 0.15) is 25.3 Å². The highest BCUT2D eigenvalue weighted by Crippen LogP contribution is 2.33. The van der Waals surface area contributed by atoms with Crippen LogP contribution in [0.3, 0.4) is 0 Å². The minimum Gasteiger partial charge on any atom is -0.314 e. The molecule has 1 unspecified atom stereocenters. The second-order valence-electron chi connectivity index (χ2n) is 4.19. The van der Waals surface area contributed by atoms with Crippen LogP contribution in [0.2, 0.25) is 0 Å². The largest absolute Gasteiger partial charge is 0.314 e. The van der Waals surface area contributed by atoms with E-state index in [-0.39, 0.29) is 0 Å². The van der Waals surface area contributed by atoms with Gasteiger partial charge in [0.25, 0.3) is 0 Å². The van der Waals surface area contributed by atoms with Crippen molar-refractivity contribution in [1.82, 2.24) is 5.32 Å². The molecule has 1 atom stereocenters. The van der Waals surface area contributed by atoms with Crippen molar-refractivity contribution in [2.24, 2.45) is 5.92 Å². The highest BCUT2D eigenvalue weighted by molar-refractivity contribution is 5.16. The Morgan fingerprint density at radius 3 is 2.57 bits per heavy atom. The lowest BCUT2D eigenvalue weighted by atomic mass is 10.0. The van der Waals surface area contributed by atoms with Gasteiger partial charge in [0.2, 0.25) is 0 Å². The topological polar surface area (TPSA) is 12.0 Å². The van der Waals surface area contributed by atoms with Crippen molar-refractivity contribution in [1.29, 1.82) is 0 Å². The quantitative estimate of drug-likeness (QED) is 0.750. The first kappa shape index (κ1) is 9.72. The van der Waals surface area contributed by atoms with Crippen molar-refractivity contribution in [2.45, 2.75) is 32.2 Å². The van der Waals surface area contributed by atoms with Gasteiger partial charge in [0.15, 0.2) is 0 Å². The Bertz CT molecular complexity index is 264. The maximum absolute atomic E-state index is 3.59. The van der Waals surface area contributed by atoms with Crippen LogP contribution in [0.25, 0.3) is 0 Å². The number of benzene rings is 1. The minimum atomic E-state index is 0.711. The second-order valence-corrected chi connectivity index (χ2v) is 4.19. The third kappa shape index (κ3) is 2.58. The van der Waals surface area contributed by atoms with E-state index in [9.17, 15) is 0 Å². The third-order valence-corrected chi connectivity index (χ3v) is 2.96. The number of hydrogen-bond donors (Lipinski definition) is 1. The van der Waals surface area contributed by atoms with E-state index in [1.807, 2.05) is 0 Å². The van der Waals surface area contributed by atoms with Gasteiger partial charge in [0.05, 0.1) is 0 Å². The summed E-state index contributed by atoms with van der Waals surface area (Å²) in [7, 11) is 0. The predicted molar refractivity (Wildman–Crippen MR) is 60.3 cm³/mol. The van der Waals surface area contributed by atoms with Crippen molar-refractivity contribution in [3.05, 3.63) is 35.9 Å². The summed E-state index contributed by atoms with van der Waals surface area (Å²) in [5.74, 6) is 0.940. The van der Waals surface area contributed by atoms with E-state index < -0.39 is 0 Å². The zero-order valence-corrected chi connectivity index (χ0v) is 8.87. The van der Waals surface area contributed by atoms with Gasteiger partial charge in [-0.3, -0.25) is 0 Å². The molecule has 1 aromatic carbocycles.